The monoisotopic (exact) mass is 266 g/mol. The van der Waals surface area contributed by atoms with Crippen molar-refractivity contribution in [2.24, 2.45) is 11.8 Å². The lowest BCUT2D eigenvalue weighted by Gasteiger charge is -2.09. The van der Waals surface area contributed by atoms with Crippen LogP contribution in [0.3, 0.4) is 0 Å². The van der Waals surface area contributed by atoms with E-state index in [9.17, 15) is 8.42 Å². The van der Waals surface area contributed by atoms with Gasteiger partial charge in [0.1, 0.15) is 0 Å². The Kier molecular flexibility index (Phi) is 2.83. The Balaban J connectivity index is 1.68. The first-order chi connectivity index (χ1) is 8.62. The van der Waals surface area contributed by atoms with E-state index in [1.165, 1.54) is 0 Å². The lowest BCUT2D eigenvalue weighted by molar-refractivity contribution is 0.597. The molecule has 1 saturated heterocycles. The molecule has 2 atom stereocenters. The highest BCUT2D eigenvalue weighted by Gasteiger charge is 2.52. The molecule has 1 aliphatic carbocycles. The maximum absolute atomic E-state index is 11.7. The molecule has 0 amide bonds. The van der Waals surface area contributed by atoms with E-state index in [0.717, 1.165) is 30.6 Å². The van der Waals surface area contributed by atoms with Crippen LogP contribution in [0.4, 0.5) is 5.69 Å². The zero-order valence-corrected chi connectivity index (χ0v) is 11.2. The Bertz CT molecular complexity index is 529. The summed E-state index contributed by atoms with van der Waals surface area (Å²) in [6.07, 6.45) is 0. The van der Waals surface area contributed by atoms with E-state index in [1.54, 1.807) is 19.1 Å². The molecular formula is C13H18N2O2S. The lowest BCUT2D eigenvalue weighted by atomic mass is 10.3. The van der Waals surface area contributed by atoms with Crippen molar-refractivity contribution in [2.45, 2.75) is 17.9 Å². The summed E-state index contributed by atoms with van der Waals surface area (Å²) in [7, 11) is -3.08. The molecule has 18 heavy (non-hydrogen) atoms. The quantitative estimate of drug-likeness (QED) is 0.857. The fourth-order valence-electron chi connectivity index (χ4n) is 2.75. The molecule has 2 unspecified atom stereocenters. The average Bonchev–Trinajstić information content (AvgIpc) is 2.82. The van der Waals surface area contributed by atoms with Gasteiger partial charge >= 0.3 is 0 Å². The summed E-state index contributed by atoms with van der Waals surface area (Å²) in [5.74, 6) is 1.66. The Morgan fingerprint density at radius 3 is 2.39 bits per heavy atom. The van der Waals surface area contributed by atoms with Crippen LogP contribution in [0.2, 0.25) is 0 Å². The first kappa shape index (κ1) is 12.0. The number of piperidine rings is 1. The van der Waals surface area contributed by atoms with Crippen molar-refractivity contribution in [1.29, 1.82) is 0 Å². The third-order valence-electron chi connectivity index (χ3n) is 4.02. The molecule has 5 heteroatoms. The van der Waals surface area contributed by atoms with Crippen molar-refractivity contribution in [3.05, 3.63) is 24.3 Å². The van der Waals surface area contributed by atoms with E-state index in [0.29, 0.717) is 10.9 Å². The van der Waals surface area contributed by atoms with Crippen LogP contribution in [-0.2, 0) is 9.84 Å². The highest BCUT2D eigenvalue weighted by molar-refractivity contribution is 7.91. The van der Waals surface area contributed by atoms with Crippen molar-refractivity contribution < 1.29 is 8.42 Å². The smallest absolute Gasteiger partial charge is 0.178 e. The predicted octanol–water partition coefficient (Wildman–Crippen LogP) is 1.11. The molecule has 2 aliphatic rings. The lowest BCUT2D eigenvalue weighted by Crippen LogP contribution is -2.21. The van der Waals surface area contributed by atoms with Crippen LogP contribution in [0.1, 0.15) is 6.92 Å². The normalized spacial score (nSPS) is 29.9. The minimum Gasteiger partial charge on any atom is -0.382 e. The zero-order valence-electron chi connectivity index (χ0n) is 10.4. The van der Waals surface area contributed by atoms with Gasteiger partial charge in [-0.05, 0) is 36.1 Å². The molecule has 1 saturated carbocycles. The Morgan fingerprint density at radius 1 is 1.22 bits per heavy atom. The number of nitrogens with one attached hydrogen (secondary N) is 2. The zero-order chi connectivity index (χ0) is 12.8. The molecule has 0 spiro atoms. The molecule has 0 bridgehead atoms. The third kappa shape index (κ3) is 2.01. The summed E-state index contributed by atoms with van der Waals surface area (Å²) < 4.78 is 23.4. The van der Waals surface area contributed by atoms with Crippen LogP contribution >= 0.6 is 0 Å². The fraction of sp³-hybridized carbons (Fsp3) is 0.538. The molecule has 0 aromatic heterocycles. The number of sulfone groups is 1. The summed E-state index contributed by atoms with van der Waals surface area (Å²) in [6.45, 7) is 3.87. The highest BCUT2D eigenvalue weighted by atomic mass is 32.2. The highest BCUT2D eigenvalue weighted by Crippen LogP contribution is 2.43. The maximum atomic E-state index is 11.7. The first-order valence-corrected chi connectivity index (χ1v) is 8.07. The molecule has 0 radical (unpaired) electrons. The average molecular weight is 266 g/mol. The van der Waals surface area contributed by atoms with Crippen LogP contribution in [0.15, 0.2) is 29.2 Å². The molecule has 1 aromatic rings. The van der Waals surface area contributed by atoms with Crippen LogP contribution in [0.25, 0.3) is 0 Å². The minimum atomic E-state index is -3.08. The number of benzene rings is 1. The van der Waals surface area contributed by atoms with Gasteiger partial charge in [-0.2, -0.15) is 0 Å². The van der Waals surface area contributed by atoms with Gasteiger partial charge in [0.25, 0.3) is 0 Å². The van der Waals surface area contributed by atoms with Gasteiger partial charge in [-0.1, -0.05) is 6.92 Å². The first-order valence-electron chi connectivity index (χ1n) is 6.42. The molecule has 98 valence electrons. The van der Waals surface area contributed by atoms with Crippen LogP contribution < -0.4 is 10.6 Å². The SMILES string of the molecule is CCS(=O)(=O)c1ccc(NC2C3CNCC32)cc1. The summed E-state index contributed by atoms with van der Waals surface area (Å²) in [5.41, 5.74) is 1.02. The van der Waals surface area contributed by atoms with E-state index in [-0.39, 0.29) is 5.75 Å². The van der Waals surface area contributed by atoms with E-state index in [4.69, 9.17) is 0 Å². The van der Waals surface area contributed by atoms with Crippen molar-refractivity contribution >= 4 is 15.5 Å². The maximum Gasteiger partial charge on any atom is 0.178 e. The second kappa shape index (κ2) is 4.24. The largest absolute Gasteiger partial charge is 0.382 e. The van der Waals surface area contributed by atoms with Gasteiger partial charge in [0.2, 0.25) is 0 Å². The predicted molar refractivity (Wildman–Crippen MR) is 71.4 cm³/mol. The van der Waals surface area contributed by atoms with Crippen LogP contribution in [0.5, 0.6) is 0 Å². The summed E-state index contributed by atoms with van der Waals surface area (Å²) in [4.78, 5) is 0.410. The Hall–Kier alpha value is -1.07. The van der Waals surface area contributed by atoms with Crippen LogP contribution in [-0.4, -0.2) is 33.3 Å². The molecule has 3 rings (SSSR count). The molecule has 2 N–H and O–H groups in total. The number of hydrogen-bond acceptors (Lipinski definition) is 4. The topological polar surface area (TPSA) is 58.2 Å². The number of anilines is 1. The number of fused-ring (bicyclic) bond motifs is 1. The molecule has 2 fully saturated rings. The fourth-order valence-corrected chi connectivity index (χ4v) is 3.63. The van der Waals surface area contributed by atoms with Gasteiger partial charge in [0.05, 0.1) is 10.6 Å². The van der Waals surface area contributed by atoms with Gasteiger partial charge in [0, 0.05) is 24.8 Å². The molecule has 1 aromatic carbocycles. The standard InChI is InChI=1S/C13H18N2O2S/c1-2-18(16,17)10-5-3-9(4-6-10)15-13-11-7-14-8-12(11)13/h3-6,11-15H,2,7-8H2,1H3. The summed E-state index contributed by atoms with van der Waals surface area (Å²) in [5, 5.41) is 6.83. The van der Waals surface area contributed by atoms with E-state index in [1.807, 2.05) is 12.1 Å². The van der Waals surface area contributed by atoms with E-state index >= 15 is 0 Å². The van der Waals surface area contributed by atoms with Gasteiger partial charge in [-0.15, -0.1) is 0 Å². The minimum absolute atomic E-state index is 0.151. The number of hydrogen-bond donors (Lipinski definition) is 2. The van der Waals surface area contributed by atoms with Crippen molar-refractivity contribution in [2.75, 3.05) is 24.2 Å². The second-order valence-corrected chi connectivity index (χ2v) is 7.36. The van der Waals surface area contributed by atoms with Gasteiger partial charge in [-0.3, -0.25) is 0 Å². The Labute approximate surface area is 108 Å². The summed E-state index contributed by atoms with van der Waals surface area (Å²) in [6, 6.07) is 7.68. The van der Waals surface area contributed by atoms with E-state index < -0.39 is 9.84 Å². The Morgan fingerprint density at radius 2 is 1.83 bits per heavy atom. The van der Waals surface area contributed by atoms with Gasteiger partial charge < -0.3 is 10.6 Å². The van der Waals surface area contributed by atoms with Crippen LogP contribution in [0, 0.1) is 11.8 Å². The number of rotatable bonds is 4. The van der Waals surface area contributed by atoms with Gasteiger partial charge in [0.15, 0.2) is 9.84 Å². The van der Waals surface area contributed by atoms with Crippen molar-refractivity contribution in [3.8, 4) is 0 Å². The van der Waals surface area contributed by atoms with E-state index in [2.05, 4.69) is 10.6 Å². The summed E-state index contributed by atoms with van der Waals surface area (Å²) >= 11 is 0. The third-order valence-corrected chi connectivity index (χ3v) is 5.77. The molecule has 1 heterocycles. The van der Waals surface area contributed by atoms with Crippen molar-refractivity contribution in [3.63, 3.8) is 0 Å². The van der Waals surface area contributed by atoms with Gasteiger partial charge in [-0.25, -0.2) is 8.42 Å². The molecular weight excluding hydrogens is 248 g/mol. The second-order valence-electron chi connectivity index (χ2n) is 5.08. The molecule has 4 nitrogen and oxygen atoms in total. The van der Waals surface area contributed by atoms with Crippen molar-refractivity contribution in [1.82, 2.24) is 5.32 Å². The molecule has 1 aliphatic heterocycles.